The van der Waals surface area contributed by atoms with Crippen molar-refractivity contribution in [2.75, 3.05) is 5.75 Å². The Hall–Kier alpha value is -3.17. The molecule has 55 heavy (non-hydrogen) atoms. The van der Waals surface area contributed by atoms with Crippen molar-refractivity contribution in [3.05, 3.63) is 135 Å². The largest absolute Gasteiger partial charge is 0.223 e. The fourth-order valence-corrected chi connectivity index (χ4v) is 7.57. The fraction of sp³-hybridized carbons (Fsp3) is 0.538. The third-order valence-corrected chi connectivity index (χ3v) is 11.9. The van der Waals surface area contributed by atoms with E-state index in [1.165, 1.54) is 63.8 Å². The quantitative estimate of drug-likeness (QED) is 0.0835. The van der Waals surface area contributed by atoms with Crippen molar-refractivity contribution >= 4 is 9.84 Å². The highest BCUT2D eigenvalue weighted by molar-refractivity contribution is 7.91. The molecule has 306 valence electrons. The molecule has 1 aromatic carbocycles. The van der Waals surface area contributed by atoms with Gasteiger partial charge < -0.3 is 0 Å². The molecule has 0 atom stereocenters. The summed E-state index contributed by atoms with van der Waals surface area (Å²) >= 11 is 0. The van der Waals surface area contributed by atoms with E-state index >= 15 is 0 Å². The second kappa shape index (κ2) is 29.1. The molecule has 0 saturated carbocycles. The van der Waals surface area contributed by atoms with E-state index in [-0.39, 0.29) is 5.75 Å². The third kappa shape index (κ3) is 27.1. The predicted octanol–water partition coefficient (Wildman–Crippen LogP) is 16.5. The highest BCUT2D eigenvalue weighted by atomic mass is 32.2. The van der Waals surface area contributed by atoms with Crippen molar-refractivity contribution in [1.29, 1.82) is 0 Å². The van der Waals surface area contributed by atoms with Crippen molar-refractivity contribution in [2.45, 2.75) is 184 Å². The molecule has 0 amide bonds. The van der Waals surface area contributed by atoms with Crippen LogP contribution >= 0.6 is 0 Å². The Bertz CT molecular complexity index is 1660. The van der Waals surface area contributed by atoms with Crippen molar-refractivity contribution in [1.82, 2.24) is 0 Å². The topological polar surface area (TPSA) is 34.1 Å². The maximum atomic E-state index is 12.6. The first-order valence-corrected chi connectivity index (χ1v) is 22.9. The van der Waals surface area contributed by atoms with Crippen LogP contribution in [0.25, 0.3) is 0 Å². The summed E-state index contributed by atoms with van der Waals surface area (Å²) < 4.78 is 25.2. The molecule has 0 aromatic heterocycles. The molecule has 0 unspecified atom stereocenters. The van der Waals surface area contributed by atoms with E-state index in [1.54, 1.807) is 12.1 Å². The minimum absolute atomic E-state index is 0.0632. The standard InChI is InChI=1S/C52H80O2S/c1-42(2)20-12-21-43(3)22-13-23-44(4)24-14-25-45(5)26-15-27-46(6)28-16-29-47(7)30-17-31-48(8)32-18-33-49(9)34-19-35-50(10)40-41-55(53,54)52-38-36-51(11)37-39-52/h20,22,24,26,28,30,32,34,36-40H,12-19,21,23,25,27,29,31,33,35,41H2,1-11H3/b43-22+,44-24+,45-26+,46-28+,47-30+,48-32+,49-34+,50-40+. The van der Waals surface area contributed by atoms with E-state index in [9.17, 15) is 8.42 Å². The van der Waals surface area contributed by atoms with Gasteiger partial charge in [-0.15, -0.1) is 0 Å². The van der Waals surface area contributed by atoms with E-state index in [0.717, 1.165) is 94.6 Å². The molecule has 2 nitrogen and oxygen atoms in total. The maximum absolute atomic E-state index is 12.6. The summed E-state index contributed by atoms with van der Waals surface area (Å²) in [4.78, 5) is 0.399. The first kappa shape index (κ1) is 49.8. The second-order valence-corrected chi connectivity index (χ2v) is 18.6. The van der Waals surface area contributed by atoms with Crippen LogP contribution in [0, 0.1) is 6.92 Å². The molecule has 0 heterocycles. The van der Waals surface area contributed by atoms with Gasteiger partial charge in [0.15, 0.2) is 9.84 Å². The Balaban J connectivity index is 2.27. The lowest BCUT2D eigenvalue weighted by molar-refractivity contribution is 0.599. The Labute approximate surface area is 341 Å². The minimum Gasteiger partial charge on any atom is -0.223 e. The molecule has 0 bridgehead atoms. The molecule has 0 saturated heterocycles. The molecule has 1 rings (SSSR count). The summed E-state index contributed by atoms with van der Waals surface area (Å²) in [5, 5.41) is 0. The molecule has 3 heteroatoms. The zero-order chi connectivity index (χ0) is 41.1. The van der Waals surface area contributed by atoms with Crippen LogP contribution in [-0.4, -0.2) is 14.2 Å². The molecule has 0 radical (unpaired) electrons. The van der Waals surface area contributed by atoms with Crippen LogP contribution in [0.3, 0.4) is 0 Å². The van der Waals surface area contributed by atoms with E-state index in [4.69, 9.17) is 0 Å². The van der Waals surface area contributed by atoms with Crippen molar-refractivity contribution in [2.24, 2.45) is 0 Å². The van der Waals surface area contributed by atoms with E-state index in [0.29, 0.717) is 4.90 Å². The van der Waals surface area contributed by atoms with Crippen LogP contribution in [0.15, 0.2) is 134 Å². The SMILES string of the molecule is CC(C)=CCC/C(C)=C/CC/C(C)=C/CC/C(C)=C/CC/C(C)=C/CC/C(C)=C/CC/C(C)=C/CC/C(C)=C/CC/C(C)=C/CS(=O)(=O)c1ccc(C)cc1. The van der Waals surface area contributed by atoms with Crippen LogP contribution in [-0.2, 0) is 9.84 Å². The van der Waals surface area contributed by atoms with Gasteiger partial charge in [-0.25, -0.2) is 8.42 Å². The zero-order valence-electron chi connectivity index (χ0n) is 37.3. The lowest BCUT2D eigenvalue weighted by Gasteiger charge is -2.05. The van der Waals surface area contributed by atoms with Gasteiger partial charge in [-0.05, 0) is 191 Å². The number of sulfone groups is 1. The molecular formula is C52H80O2S. The third-order valence-electron chi connectivity index (χ3n) is 10.3. The van der Waals surface area contributed by atoms with Crippen LogP contribution < -0.4 is 0 Å². The monoisotopic (exact) mass is 769 g/mol. The number of hydrogen-bond donors (Lipinski definition) is 0. The Morgan fingerprint density at radius 1 is 0.382 bits per heavy atom. The molecule has 1 aromatic rings. The van der Waals surface area contributed by atoms with Crippen LogP contribution in [0.2, 0.25) is 0 Å². The molecule has 0 spiro atoms. The number of aryl methyl sites for hydroxylation is 1. The van der Waals surface area contributed by atoms with Crippen molar-refractivity contribution in [3.8, 4) is 0 Å². The first-order valence-electron chi connectivity index (χ1n) is 21.2. The maximum Gasteiger partial charge on any atom is 0.181 e. The molecule has 0 N–H and O–H groups in total. The molecule has 0 aliphatic rings. The number of benzene rings is 1. The summed E-state index contributed by atoms with van der Waals surface area (Å²) in [7, 11) is -3.28. The van der Waals surface area contributed by atoms with Gasteiger partial charge in [0.2, 0.25) is 0 Å². The molecule has 0 aliphatic carbocycles. The average molecular weight is 769 g/mol. The zero-order valence-corrected chi connectivity index (χ0v) is 38.1. The number of allylic oxidation sites excluding steroid dienone is 17. The van der Waals surface area contributed by atoms with Crippen LogP contribution in [0.4, 0.5) is 0 Å². The summed E-state index contributed by atoms with van der Waals surface area (Å²) in [6, 6.07) is 7.11. The van der Waals surface area contributed by atoms with Gasteiger partial charge in [0.1, 0.15) is 0 Å². The molecule has 0 aliphatic heterocycles. The van der Waals surface area contributed by atoms with Crippen LogP contribution in [0.1, 0.15) is 178 Å². The Morgan fingerprint density at radius 3 is 0.873 bits per heavy atom. The van der Waals surface area contributed by atoms with Crippen molar-refractivity contribution in [3.63, 3.8) is 0 Å². The van der Waals surface area contributed by atoms with Gasteiger partial charge in [0, 0.05) is 0 Å². The second-order valence-electron chi connectivity index (χ2n) is 16.6. The smallest absolute Gasteiger partial charge is 0.181 e. The summed E-state index contributed by atoms with van der Waals surface area (Å²) in [6.45, 7) is 24.2. The first-order chi connectivity index (χ1) is 26.1. The van der Waals surface area contributed by atoms with Crippen LogP contribution in [0.5, 0.6) is 0 Å². The number of hydrogen-bond acceptors (Lipinski definition) is 2. The fourth-order valence-electron chi connectivity index (χ4n) is 6.32. The van der Waals surface area contributed by atoms with E-state index in [1.807, 2.05) is 32.1 Å². The lowest BCUT2D eigenvalue weighted by Crippen LogP contribution is -2.05. The van der Waals surface area contributed by atoms with Gasteiger partial charge in [-0.3, -0.25) is 0 Å². The molecule has 0 fully saturated rings. The van der Waals surface area contributed by atoms with Crippen molar-refractivity contribution < 1.29 is 8.42 Å². The number of rotatable bonds is 27. The summed E-state index contributed by atoms with van der Waals surface area (Å²) in [6.07, 6.45) is 38.9. The summed E-state index contributed by atoms with van der Waals surface area (Å²) in [5.74, 6) is 0.0632. The van der Waals surface area contributed by atoms with Gasteiger partial charge in [0.25, 0.3) is 0 Å². The Kier molecular flexibility index (Phi) is 26.4. The normalized spacial score (nSPS) is 14.5. The summed E-state index contributed by atoms with van der Waals surface area (Å²) in [5.41, 5.74) is 14.1. The highest BCUT2D eigenvalue weighted by Crippen LogP contribution is 2.19. The lowest BCUT2D eigenvalue weighted by atomic mass is 10.0. The molecular weight excluding hydrogens is 689 g/mol. The van der Waals surface area contributed by atoms with Gasteiger partial charge in [-0.2, -0.15) is 0 Å². The van der Waals surface area contributed by atoms with Gasteiger partial charge in [-0.1, -0.05) is 123 Å². The van der Waals surface area contributed by atoms with Gasteiger partial charge >= 0.3 is 0 Å². The predicted molar refractivity (Wildman–Crippen MR) is 247 cm³/mol. The van der Waals surface area contributed by atoms with Gasteiger partial charge in [0.05, 0.1) is 10.6 Å². The minimum atomic E-state index is -3.28. The highest BCUT2D eigenvalue weighted by Gasteiger charge is 2.12. The Morgan fingerprint density at radius 2 is 0.618 bits per heavy atom. The van der Waals surface area contributed by atoms with E-state index < -0.39 is 9.84 Å². The average Bonchev–Trinajstić information content (AvgIpc) is 3.11. The van der Waals surface area contributed by atoms with E-state index in [2.05, 4.69) is 111 Å².